The maximum Gasteiger partial charge on any atom is 0.163 e. The van der Waals surface area contributed by atoms with Crippen molar-refractivity contribution in [3.05, 3.63) is 37.0 Å². The summed E-state index contributed by atoms with van der Waals surface area (Å²) in [6.07, 6.45) is 1.97. The number of nitrogens with one attached hydrogen (secondary N) is 1. The maximum atomic E-state index is 6.30. The zero-order valence-electron chi connectivity index (χ0n) is 11.2. The number of aryl methyl sites for hydroxylation is 1. The van der Waals surface area contributed by atoms with Crippen LogP contribution in [0.1, 0.15) is 19.0 Å². The molecule has 0 fully saturated rings. The van der Waals surface area contributed by atoms with Gasteiger partial charge in [-0.2, -0.15) is 0 Å². The predicted molar refractivity (Wildman–Crippen MR) is 96.4 cm³/mol. The Labute approximate surface area is 145 Å². The van der Waals surface area contributed by atoms with Crippen molar-refractivity contribution in [2.45, 2.75) is 19.8 Å². The van der Waals surface area contributed by atoms with E-state index in [1.165, 1.54) is 0 Å². The summed E-state index contributed by atoms with van der Waals surface area (Å²) < 4.78 is 2.02. The second kappa shape index (κ2) is 7.04. The summed E-state index contributed by atoms with van der Waals surface area (Å²) in [6, 6.07) is 5.74. The summed E-state index contributed by atoms with van der Waals surface area (Å²) in [5.74, 6) is 1.51. The second-order valence-corrected chi connectivity index (χ2v) is 6.68. The molecule has 0 aliphatic rings. The van der Waals surface area contributed by atoms with Gasteiger partial charge in [-0.1, -0.05) is 40.9 Å². The van der Waals surface area contributed by atoms with E-state index in [1.807, 2.05) is 25.2 Å². The predicted octanol–water partition coefficient (Wildman–Crippen LogP) is 5.16. The van der Waals surface area contributed by atoms with E-state index in [2.05, 4.69) is 60.7 Å². The standard InChI is InChI=1S/C14H14BrClIN3/c1-3-4-11-12(17)14(18-2)20-13(19-11)9-6-5-8(15)7-10(9)16/h5-7H,3-4H2,1-2H3,(H,18,19,20). The van der Waals surface area contributed by atoms with Gasteiger partial charge in [0.25, 0.3) is 0 Å². The minimum atomic E-state index is 0.644. The molecular weight excluding hydrogens is 452 g/mol. The molecule has 20 heavy (non-hydrogen) atoms. The van der Waals surface area contributed by atoms with Crippen molar-refractivity contribution < 1.29 is 0 Å². The fourth-order valence-corrected chi connectivity index (χ4v) is 3.39. The molecule has 1 aromatic heterocycles. The molecular formula is C14H14BrClIN3. The molecule has 0 aliphatic heterocycles. The van der Waals surface area contributed by atoms with Gasteiger partial charge in [-0.25, -0.2) is 9.97 Å². The Morgan fingerprint density at radius 2 is 2.10 bits per heavy atom. The number of rotatable bonds is 4. The van der Waals surface area contributed by atoms with Crippen LogP contribution in [0.3, 0.4) is 0 Å². The highest BCUT2D eigenvalue weighted by atomic mass is 127. The van der Waals surface area contributed by atoms with E-state index in [0.717, 1.165) is 38.0 Å². The van der Waals surface area contributed by atoms with Crippen molar-refractivity contribution in [1.82, 2.24) is 9.97 Å². The number of halogens is 3. The Kier molecular flexibility index (Phi) is 5.63. The number of hydrogen-bond donors (Lipinski definition) is 1. The number of nitrogens with zero attached hydrogens (tertiary/aromatic N) is 2. The van der Waals surface area contributed by atoms with E-state index >= 15 is 0 Å². The SMILES string of the molecule is CCCc1nc(-c2ccc(Br)cc2Cl)nc(NC)c1I. The first kappa shape index (κ1) is 16.0. The van der Waals surface area contributed by atoms with Gasteiger partial charge in [0.15, 0.2) is 5.82 Å². The fraction of sp³-hybridized carbons (Fsp3) is 0.286. The number of hydrogen-bond acceptors (Lipinski definition) is 3. The lowest BCUT2D eigenvalue weighted by atomic mass is 10.2. The average Bonchev–Trinajstić information content (AvgIpc) is 2.41. The maximum absolute atomic E-state index is 6.30. The second-order valence-electron chi connectivity index (χ2n) is 4.28. The van der Waals surface area contributed by atoms with Crippen molar-refractivity contribution in [3.63, 3.8) is 0 Å². The molecule has 1 heterocycles. The van der Waals surface area contributed by atoms with Gasteiger partial charge < -0.3 is 5.32 Å². The Hall–Kier alpha value is -0.400. The van der Waals surface area contributed by atoms with E-state index in [9.17, 15) is 0 Å². The topological polar surface area (TPSA) is 37.8 Å². The molecule has 2 rings (SSSR count). The van der Waals surface area contributed by atoms with Crippen molar-refractivity contribution >= 4 is 55.9 Å². The number of anilines is 1. The van der Waals surface area contributed by atoms with Gasteiger partial charge in [0.2, 0.25) is 0 Å². The minimum absolute atomic E-state index is 0.644. The van der Waals surface area contributed by atoms with Crippen molar-refractivity contribution in [2.75, 3.05) is 12.4 Å². The van der Waals surface area contributed by atoms with Crippen LogP contribution < -0.4 is 5.32 Å². The van der Waals surface area contributed by atoms with Gasteiger partial charge in [-0.15, -0.1) is 0 Å². The number of aromatic nitrogens is 2. The van der Waals surface area contributed by atoms with Gasteiger partial charge in [0.05, 0.1) is 14.3 Å². The smallest absolute Gasteiger partial charge is 0.163 e. The average molecular weight is 467 g/mol. The van der Waals surface area contributed by atoms with Gasteiger partial charge in [-0.05, 0) is 47.2 Å². The highest BCUT2D eigenvalue weighted by molar-refractivity contribution is 14.1. The molecule has 0 saturated heterocycles. The molecule has 3 nitrogen and oxygen atoms in total. The summed E-state index contributed by atoms with van der Waals surface area (Å²) in [6.45, 7) is 2.14. The van der Waals surface area contributed by atoms with Gasteiger partial charge in [-0.3, -0.25) is 0 Å². The summed E-state index contributed by atoms with van der Waals surface area (Å²) in [4.78, 5) is 9.24. The van der Waals surface area contributed by atoms with Crippen LogP contribution in [0, 0.1) is 3.57 Å². The number of benzene rings is 1. The lowest BCUT2D eigenvalue weighted by molar-refractivity contribution is 0.868. The lowest BCUT2D eigenvalue weighted by Gasteiger charge is -2.11. The van der Waals surface area contributed by atoms with Gasteiger partial charge in [0, 0.05) is 17.1 Å². The fourth-order valence-electron chi connectivity index (χ4n) is 1.85. The van der Waals surface area contributed by atoms with Crippen LogP contribution in [0.4, 0.5) is 5.82 Å². The van der Waals surface area contributed by atoms with Crippen molar-refractivity contribution in [3.8, 4) is 11.4 Å². The van der Waals surface area contributed by atoms with E-state index < -0.39 is 0 Å². The molecule has 0 unspecified atom stereocenters. The normalized spacial score (nSPS) is 10.7. The van der Waals surface area contributed by atoms with E-state index in [-0.39, 0.29) is 0 Å². The third-order valence-corrected chi connectivity index (χ3v) is 4.75. The summed E-state index contributed by atoms with van der Waals surface area (Å²) in [5.41, 5.74) is 1.90. The summed E-state index contributed by atoms with van der Waals surface area (Å²) in [7, 11) is 1.87. The van der Waals surface area contributed by atoms with Crippen LogP contribution in [-0.2, 0) is 6.42 Å². The molecule has 106 valence electrons. The molecule has 0 aliphatic carbocycles. The first-order valence-electron chi connectivity index (χ1n) is 6.26. The molecule has 0 amide bonds. The lowest BCUT2D eigenvalue weighted by Crippen LogP contribution is -2.05. The molecule has 0 radical (unpaired) electrons. The Morgan fingerprint density at radius 1 is 1.35 bits per heavy atom. The molecule has 0 saturated carbocycles. The zero-order chi connectivity index (χ0) is 14.7. The molecule has 0 bridgehead atoms. The first-order valence-corrected chi connectivity index (χ1v) is 8.51. The molecule has 0 atom stereocenters. The molecule has 1 aromatic carbocycles. The third-order valence-electron chi connectivity index (χ3n) is 2.82. The Balaban J connectivity index is 2.58. The molecule has 0 spiro atoms. The van der Waals surface area contributed by atoms with Gasteiger partial charge >= 0.3 is 0 Å². The molecule has 2 aromatic rings. The monoisotopic (exact) mass is 465 g/mol. The van der Waals surface area contributed by atoms with E-state index in [1.54, 1.807) is 0 Å². The summed E-state index contributed by atoms with van der Waals surface area (Å²) >= 11 is 12.0. The first-order chi connectivity index (χ1) is 9.56. The van der Waals surface area contributed by atoms with Crippen molar-refractivity contribution in [1.29, 1.82) is 0 Å². The Morgan fingerprint density at radius 3 is 2.70 bits per heavy atom. The van der Waals surface area contributed by atoms with Crippen molar-refractivity contribution in [2.24, 2.45) is 0 Å². The van der Waals surface area contributed by atoms with Crippen LogP contribution in [0.25, 0.3) is 11.4 Å². The zero-order valence-corrected chi connectivity index (χ0v) is 15.7. The highest BCUT2D eigenvalue weighted by Gasteiger charge is 2.14. The van der Waals surface area contributed by atoms with E-state index in [4.69, 9.17) is 11.6 Å². The van der Waals surface area contributed by atoms with Crippen LogP contribution in [0.2, 0.25) is 5.02 Å². The van der Waals surface area contributed by atoms with E-state index in [0.29, 0.717) is 10.8 Å². The molecule has 1 N–H and O–H groups in total. The highest BCUT2D eigenvalue weighted by Crippen LogP contribution is 2.31. The van der Waals surface area contributed by atoms with Crippen LogP contribution in [-0.4, -0.2) is 17.0 Å². The summed E-state index contributed by atoms with van der Waals surface area (Å²) in [5, 5.41) is 3.77. The quantitative estimate of drug-likeness (QED) is 0.633. The Bertz CT molecular complexity index is 634. The minimum Gasteiger partial charge on any atom is -0.372 e. The van der Waals surface area contributed by atoms with Crippen LogP contribution in [0.15, 0.2) is 22.7 Å². The van der Waals surface area contributed by atoms with Crippen LogP contribution >= 0.6 is 50.1 Å². The van der Waals surface area contributed by atoms with Crippen LogP contribution in [0.5, 0.6) is 0 Å². The molecule has 6 heteroatoms. The largest absolute Gasteiger partial charge is 0.372 e. The van der Waals surface area contributed by atoms with Gasteiger partial charge in [0.1, 0.15) is 5.82 Å². The third kappa shape index (κ3) is 3.43.